The van der Waals surface area contributed by atoms with Crippen molar-refractivity contribution in [1.82, 2.24) is 29.6 Å². The summed E-state index contributed by atoms with van der Waals surface area (Å²) < 4.78 is 70.0. The molecule has 16 heteroatoms. The lowest BCUT2D eigenvalue weighted by Crippen LogP contribution is -2.50. The topological polar surface area (TPSA) is 132 Å². The van der Waals surface area contributed by atoms with Gasteiger partial charge in [-0.3, -0.25) is 4.79 Å². The lowest BCUT2D eigenvalue weighted by molar-refractivity contribution is -0.134. The molecular weight excluding hydrogens is 592 g/mol. The van der Waals surface area contributed by atoms with E-state index < -0.39 is 27.0 Å². The number of alkyl halides is 2. The lowest BCUT2D eigenvalue weighted by atomic mass is 10.1. The number of carbonyl (C=O) groups excluding carboxylic acids is 1. The van der Waals surface area contributed by atoms with Crippen LogP contribution in [0.25, 0.3) is 16.0 Å². The molecule has 1 amide bonds. The van der Waals surface area contributed by atoms with Gasteiger partial charge in [0.1, 0.15) is 6.10 Å². The van der Waals surface area contributed by atoms with Crippen molar-refractivity contribution >= 4 is 43.9 Å². The molecule has 2 aromatic heterocycles. The van der Waals surface area contributed by atoms with Crippen LogP contribution in [-0.4, -0.2) is 90.2 Å². The first-order valence-electron chi connectivity index (χ1n) is 13.9. The first-order valence-corrected chi connectivity index (χ1v) is 16.2. The number of piperazine rings is 1. The molecule has 1 atom stereocenters. The van der Waals surface area contributed by atoms with E-state index in [-0.39, 0.29) is 33.8 Å². The monoisotopic (exact) mass is 625 g/mol. The van der Waals surface area contributed by atoms with E-state index in [4.69, 9.17) is 9.47 Å². The maximum absolute atomic E-state index is 13.6. The van der Waals surface area contributed by atoms with Crippen LogP contribution in [-0.2, 0) is 19.6 Å². The third-order valence-electron chi connectivity index (χ3n) is 7.78. The Morgan fingerprint density at radius 3 is 2.52 bits per heavy atom. The second-order valence-corrected chi connectivity index (χ2v) is 14.2. The largest absolute Gasteiger partial charge is 0.470 e. The Balaban J connectivity index is 1.50. The summed E-state index contributed by atoms with van der Waals surface area (Å²) in [6, 6.07) is 3.07. The number of hydrogen-bond acceptors (Lipinski definition) is 10. The minimum Gasteiger partial charge on any atom is -0.470 e. The van der Waals surface area contributed by atoms with Crippen LogP contribution in [0.1, 0.15) is 51.5 Å². The standard InChI is InChI=1S/C26H33F2N7O5S2/c1-15(2)24(36)34-9-7-33(8-10-34)18-12-17(42(37,38)32-26(3)5-6-26)13-19-20(18)22(40-16-4-11-39-14-16)31-35(19)25-30-29-23(41-25)21(27)28/h12-13,15-16,21,32H,4-11,14H2,1-3H3. The Bertz CT molecular complexity index is 1590. The van der Waals surface area contributed by atoms with Gasteiger partial charge in [0.25, 0.3) is 6.43 Å². The summed E-state index contributed by atoms with van der Waals surface area (Å²) in [5, 5.41) is 12.3. The minimum absolute atomic E-state index is 0.00862. The van der Waals surface area contributed by atoms with Gasteiger partial charge in [-0.2, -0.15) is 0 Å². The number of rotatable bonds is 9. The quantitative estimate of drug-likeness (QED) is 0.381. The molecule has 1 saturated carbocycles. The van der Waals surface area contributed by atoms with Gasteiger partial charge in [-0.25, -0.2) is 26.6 Å². The van der Waals surface area contributed by atoms with Crippen LogP contribution in [0.4, 0.5) is 14.5 Å². The fourth-order valence-corrected chi connectivity index (χ4v) is 7.34. The van der Waals surface area contributed by atoms with Gasteiger partial charge in [0, 0.05) is 44.1 Å². The molecule has 228 valence electrons. The highest BCUT2D eigenvalue weighted by Gasteiger charge is 2.42. The summed E-state index contributed by atoms with van der Waals surface area (Å²) >= 11 is 0.671. The summed E-state index contributed by atoms with van der Waals surface area (Å²) in [7, 11) is -3.96. The molecule has 1 unspecified atom stereocenters. The Labute approximate surface area is 246 Å². The molecule has 3 aliphatic rings. The van der Waals surface area contributed by atoms with E-state index in [0.717, 1.165) is 12.8 Å². The first kappa shape index (κ1) is 29.1. The van der Waals surface area contributed by atoms with Gasteiger partial charge >= 0.3 is 0 Å². The predicted molar refractivity (Wildman–Crippen MR) is 151 cm³/mol. The second kappa shape index (κ2) is 11.0. The average molecular weight is 626 g/mol. The van der Waals surface area contributed by atoms with Crippen molar-refractivity contribution in [3.05, 3.63) is 17.1 Å². The van der Waals surface area contributed by atoms with Crippen molar-refractivity contribution < 1.29 is 31.5 Å². The van der Waals surface area contributed by atoms with E-state index in [1.54, 1.807) is 11.0 Å². The molecule has 0 radical (unpaired) electrons. The van der Waals surface area contributed by atoms with Crippen LogP contribution in [0.15, 0.2) is 17.0 Å². The zero-order valence-corrected chi connectivity index (χ0v) is 25.2. The number of fused-ring (bicyclic) bond motifs is 1. The zero-order valence-electron chi connectivity index (χ0n) is 23.5. The molecule has 0 bridgehead atoms. The highest BCUT2D eigenvalue weighted by atomic mass is 32.2. The molecule has 1 aromatic carbocycles. The summed E-state index contributed by atoms with van der Waals surface area (Å²) in [5.74, 6) is 0.140. The van der Waals surface area contributed by atoms with Gasteiger partial charge in [0.05, 0.1) is 34.7 Å². The van der Waals surface area contributed by atoms with Crippen LogP contribution >= 0.6 is 11.3 Å². The highest BCUT2D eigenvalue weighted by molar-refractivity contribution is 7.89. The molecule has 1 aliphatic carbocycles. The number of benzene rings is 1. The fraction of sp³-hybridized carbons (Fsp3) is 0.615. The van der Waals surface area contributed by atoms with Crippen molar-refractivity contribution in [1.29, 1.82) is 0 Å². The van der Waals surface area contributed by atoms with Crippen LogP contribution in [0.3, 0.4) is 0 Å². The maximum atomic E-state index is 13.6. The summed E-state index contributed by atoms with van der Waals surface area (Å²) in [6.07, 6.45) is -0.995. The summed E-state index contributed by atoms with van der Waals surface area (Å²) in [4.78, 5) is 16.5. The Morgan fingerprint density at radius 2 is 1.93 bits per heavy atom. The number of nitrogens with zero attached hydrogens (tertiary/aromatic N) is 6. The van der Waals surface area contributed by atoms with Gasteiger partial charge in [0.15, 0.2) is 5.01 Å². The summed E-state index contributed by atoms with van der Waals surface area (Å²) in [6.45, 7) is 8.28. The molecule has 42 heavy (non-hydrogen) atoms. The lowest BCUT2D eigenvalue weighted by Gasteiger charge is -2.37. The van der Waals surface area contributed by atoms with Crippen molar-refractivity contribution in [3.8, 4) is 11.0 Å². The van der Waals surface area contributed by atoms with E-state index in [9.17, 15) is 22.0 Å². The number of aromatic nitrogens is 4. The van der Waals surface area contributed by atoms with E-state index in [1.807, 2.05) is 25.7 Å². The number of ether oxygens (including phenoxy) is 2. The van der Waals surface area contributed by atoms with Crippen molar-refractivity contribution in [2.45, 2.75) is 63.0 Å². The van der Waals surface area contributed by atoms with Gasteiger partial charge in [0.2, 0.25) is 26.9 Å². The number of sulfonamides is 1. The second-order valence-electron chi connectivity index (χ2n) is 11.5. The smallest absolute Gasteiger partial charge is 0.291 e. The van der Waals surface area contributed by atoms with Crippen molar-refractivity contribution in [2.75, 3.05) is 44.3 Å². The number of anilines is 1. The molecule has 3 aromatic rings. The molecule has 2 aliphatic heterocycles. The molecule has 3 fully saturated rings. The Morgan fingerprint density at radius 1 is 1.19 bits per heavy atom. The maximum Gasteiger partial charge on any atom is 0.291 e. The van der Waals surface area contributed by atoms with E-state index in [0.29, 0.717) is 73.7 Å². The molecule has 12 nitrogen and oxygen atoms in total. The molecule has 4 heterocycles. The first-order chi connectivity index (χ1) is 19.9. The third kappa shape index (κ3) is 5.68. The van der Waals surface area contributed by atoms with Gasteiger partial charge in [-0.05, 0) is 31.9 Å². The van der Waals surface area contributed by atoms with Crippen LogP contribution < -0.4 is 14.4 Å². The SMILES string of the molecule is CC(C)C(=O)N1CCN(c2cc(S(=O)(=O)NC3(C)CC3)cc3c2c(OC2CCOC2)nn3-c2nnc(C(F)F)s2)CC1. The number of nitrogens with one attached hydrogen (secondary N) is 1. The Hall–Kier alpha value is -2.95. The van der Waals surface area contributed by atoms with E-state index in [2.05, 4.69) is 20.0 Å². The average Bonchev–Trinajstić information content (AvgIpc) is 3.38. The number of amides is 1. The minimum atomic E-state index is -3.96. The molecule has 2 saturated heterocycles. The van der Waals surface area contributed by atoms with Crippen molar-refractivity contribution in [2.24, 2.45) is 5.92 Å². The van der Waals surface area contributed by atoms with E-state index in [1.165, 1.54) is 10.7 Å². The molecular formula is C26H33F2N7O5S2. The normalized spacial score (nSPS) is 20.7. The van der Waals surface area contributed by atoms with Gasteiger partial charge < -0.3 is 19.3 Å². The fourth-order valence-electron chi connectivity index (χ4n) is 5.17. The zero-order chi connectivity index (χ0) is 29.8. The van der Waals surface area contributed by atoms with E-state index >= 15 is 0 Å². The molecule has 6 rings (SSSR count). The molecule has 1 N–H and O–H groups in total. The van der Waals surface area contributed by atoms with Crippen LogP contribution in [0, 0.1) is 5.92 Å². The van der Waals surface area contributed by atoms with Crippen molar-refractivity contribution in [3.63, 3.8) is 0 Å². The van der Waals surface area contributed by atoms with Crippen LogP contribution in [0.5, 0.6) is 5.88 Å². The van der Waals surface area contributed by atoms with Gasteiger partial charge in [-0.15, -0.1) is 15.3 Å². The van der Waals surface area contributed by atoms with Gasteiger partial charge in [-0.1, -0.05) is 25.2 Å². The number of hydrogen-bond donors (Lipinski definition) is 1. The molecule has 0 spiro atoms. The van der Waals surface area contributed by atoms with Crippen LogP contribution in [0.2, 0.25) is 0 Å². The highest BCUT2D eigenvalue weighted by Crippen LogP contribution is 2.41. The third-order valence-corrected chi connectivity index (χ3v) is 10.3. The Kier molecular flexibility index (Phi) is 7.60. The number of halogens is 2. The summed E-state index contributed by atoms with van der Waals surface area (Å²) in [5.41, 5.74) is 0.378. The number of carbonyl (C=O) groups is 1. The predicted octanol–water partition coefficient (Wildman–Crippen LogP) is 3.12.